The normalized spacial score (nSPS) is 12.3. The molecule has 10 nitrogen and oxygen atoms in total. The van der Waals surface area contributed by atoms with Gasteiger partial charge in [0.2, 0.25) is 0 Å². The summed E-state index contributed by atoms with van der Waals surface area (Å²) in [6, 6.07) is 13.6. The standard InChI is InChI=1S/C26H21ClN6O4/c1-14-13-37-23-8-7-16(9-20(23)30-14)11-28-26(36)21-10-22(15(2)34)33-24(31-21)17(12-29-33)25(35)32-19-6-4-3-5-18(19)27/h3-10,12,30H,1,11,13H2,2H3,(H,28,36)(H,32,35). The number of Topliss-reactive ketones (excluding diaryl/α,β-unsaturated/α-hetero) is 1. The van der Waals surface area contributed by atoms with Crippen LogP contribution < -0.4 is 20.7 Å². The molecule has 0 bridgehead atoms. The third-order valence-electron chi connectivity index (χ3n) is 5.64. The van der Waals surface area contributed by atoms with E-state index in [1.807, 2.05) is 18.2 Å². The lowest BCUT2D eigenvalue weighted by Crippen LogP contribution is -2.25. The van der Waals surface area contributed by atoms with Crippen LogP contribution in [0.4, 0.5) is 11.4 Å². The van der Waals surface area contributed by atoms with Crippen LogP contribution in [0.25, 0.3) is 5.65 Å². The monoisotopic (exact) mass is 516 g/mol. The lowest BCUT2D eigenvalue weighted by molar-refractivity contribution is 0.0944. The highest BCUT2D eigenvalue weighted by atomic mass is 35.5. The van der Waals surface area contributed by atoms with Gasteiger partial charge in [0.1, 0.15) is 29.3 Å². The summed E-state index contributed by atoms with van der Waals surface area (Å²) in [7, 11) is 0. The molecule has 186 valence electrons. The number of aromatic nitrogens is 3. The number of carbonyl (C=O) groups is 3. The number of anilines is 2. The van der Waals surface area contributed by atoms with Gasteiger partial charge >= 0.3 is 0 Å². The molecule has 0 saturated carbocycles. The van der Waals surface area contributed by atoms with Gasteiger partial charge in [-0.2, -0.15) is 5.10 Å². The number of carbonyl (C=O) groups excluding carboxylic acids is 3. The zero-order chi connectivity index (χ0) is 26.1. The number of para-hydroxylation sites is 1. The molecule has 3 heterocycles. The minimum Gasteiger partial charge on any atom is -0.485 e. The van der Waals surface area contributed by atoms with E-state index in [1.54, 1.807) is 24.3 Å². The van der Waals surface area contributed by atoms with Crippen molar-refractivity contribution in [1.82, 2.24) is 19.9 Å². The van der Waals surface area contributed by atoms with Gasteiger partial charge in [-0.15, -0.1) is 0 Å². The lowest BCUT2D eigenvalue weighted by Gasteiger charge is -2.21. The van der Waals surface area contributed by atoms with Gasteiger partial charge < -0.3 is 20.7 Å². The molecule has 0 saturated heterocycles. The summed E-state index contributed by atoms with van der Waals surface area (Å²) in [5.74, 6) is -0.698. The Morgan fingerprint density at radius 2 is 1.97 bits per heavy atom. The molecule has 5 rings (SSSR count). The van der Waals surface area contributed by atoms with Crippen LogP contribution in [0.15, 0.2) is 67.0 Å². The average molecular weight is 517 g/mol. The summed E-state index contributed by atoms with van der Waals surface area (Å²) in [5.41, 5.74) is 2.94. The van der Waals surface area contributed by atoms with E-state index in [4.69, 9.17) is 16.3 Å². The first-order chi connectivity index (χ1) is 17.8. The van der Waals surface area contributed by atoms with E-state index in [0.717, 1.165) is 16.9 Å². The number of amides is 2. The summed E-state index contributed by atoms with van der Waals surface area (Å²) in [4.78, 5) is 42.7. The Bertz CT molecular complexity index is 1600. The number of fused-ring (bicyclic) bond motifs is 2. The summed E-state index contributed by atoms with van der Waals surface area (Å²) in [6.45, 7) is 5.80. The van der Waals surface area contributed by atoms with E-state index in [-0.39, 0.29) is 34.9 Å². The van der Waals surface area contributed by atoms with Gasteiger partial charge in [-0.3, -0.25) is 14.4 Å². The molecule has 1 aliphatic rings. The number of ether oxygens (including phenoxy) is 1. The number of hydrogen-bond acceptors (Lipinski definition) is 7. The lowest BCUT2D eigenvalue weighted by atomic mass is 10.1. The Morgan fingerprint density at radius 1 is 1.16 bits per heavy atom. The summed E-state index contributed by atoms with van der Waals surface area (Å²) in [5, 5.41) is 13.2. The van der Waals surface area contributed by atoms with E-state index in [2.05, 4.69) is 32.6 Å². The van der Waals surface area contributed by atoms with Crippen LogP contribution in [-0.4, -0.2) is 38.8 Å². The quantitative estimate of drug-likeness (QED) is 0.329. The number of rotatable bonds is 6. The highest BCUT2D eigenvalue weighted by molar-refractivity contribution is 6.34. The van der Waals surface area contributed by atoms with Crippen molar-refractivity contribution in [3.63, 3.8) is 0 Å². The highest BCUT2D eigenvalue weighted by Crippen LogP contribution is 2.30. The minimum atomic E-state index is -0.534. The van der Waals surface area contributed by atoms with Crippen molar-refractivity contribution in [3.05, 3.63) is 94.5 Å². The van der Waals surface area contributed by atoms with Gasteiger partial charge in [-0.25, -0.2) is 9.50 Å². The Labute approximate surface area is 216 Å². The molecule has 1 aliphatic heterocycles. The third kappa shape index (κ3) is 4.87. The maximum absolute atomic E-state index is 13.0. The van der Waals surface area contributed by atoms with Crippen LogP contribution in [-0.2, 0) is 6.54 Å². The molecule has 2 aromatic heterocycles. The molecule has 37 heavy (non-hydrogen) atoms. The minimum absolute atomic E-state index is 0.0298. The fraction of sp³-hybridized carbons (Fsp3) is 0.115. The molecule has 0 atom stereocenters. The average Bonchev–Trinajstić information content (AvgIpc) is 3.32. The van der Waals surface area contributed by atoms with Gasteiger partial charge in [0.05, 0.1) is 22.6 Å². The maximum Gasteiger partial charge on any atom is 0.270 e. The maximum atomic E-state index is 13.0. The smallest absolute Gasteiger partial charge is 0.270 e. The van der Waals surface area contributed by atoms with Crippen molar-refractivity contribution in [2.24, 2.45) is 0 Å². The molecule has 3 N–H and O–H groups in total. The molecule has 0 spiro atoms. The van der Waals surface area contributed by atoms with Gasteiger partial charge in [-0.05, 0) is 35.9 Å². The molecule has 2 amide bonds. The molecular formula is C26H21ClN6O4. The zero-order valence-electron chi connectivity index (χ0n) is 19.7. The first-order valence-electron chi connectivity index (χ1n) is 11.2. The van der Waals surface area contributed by atoms with Gasteiger partial charge in [0.25, 0.3) is 11.8 Å². The highest BCUT2D eigenvalue weighted by Gasteiger charge is 2.22. The first kappa shape index (κ1) is 24.0. The molecule has 0 unspecified atom stereocenters. The van der Waals surface area contributed by atoms with Crippen LogP contribution in [0.1, 0.15) is 43.8 Å². The van der Waals surface area contributed by atoms with E-state index >= 15 is 0 Å². The fourth-order valence-corrected chi connectivity index (χ4v) is 4.00. The predicted octanol–water partition coefficient (Wildman–Crippen LogP) is 4.09. The number of nitrogens with zero attached hydrogens (tertiary/aromatic N) is 3. The topological polar surface area (TPSA) is 127 Å². The van der Waals surface area contributed by atoms with Crippen molar-refractivity contribution in [2.75, 3.05) is 17.2 Å². The van der Waals surface area contributed by atoms with Crippen molar-refractivity contribution in [1.29, 1.82) is 0 Å². The molecule has 2 aromatic carbocycles. The van der Waals surface area contributed by atoms with E-state index in [1.165, 1.54) is 23.7 Å². The number of ketones is 1. The summed E-state index contributed by atoms with van der Waals surface area (Å²) >= 11 is 6.15. The first-order valence-corrected chi connectivity index (χ1v) is 11.6. The number of hydrogen-bond donors (Lipinski definition) is 3. The second-order valence-corrected chi connectivity index (χ2v) is 8.75. The van der Waals surface area contributed by atoms with Crippen LogP contribution in [0, 0.1) is 0 Å². The zero-order valence-corrected chi connectivity index (χ0v) is 20.4. The number of nitrogens with one attached hydrogen (secondary N) is 3. The SMILES string of the molecule is C=C1COc2ccc(CNC(=O)c3cc(C(C)=O)n4ncc(C(=O)Nc5ccccc5Cl)c4n3)cc2N1. The van der Waals surface area contributed by atoms with E-state index in [0.29, 0.717) is 23.1 Å². The molecular weight excluding hydrogens is 496 g/mol. The Morgan fingerprint density at radius 3 is 2.76 bits per heavy atom. The Kier molecular flexibility index (Phi) is 6.33. The van der Waals surface area contributed by atoms with Crippen LogP contribution in [0.3, 0.4) is 0 Å². The van der Waals surface area contributed by atoms with Crippen molar-refractivity contribution in [2.45, 2.75) is 13.5 Å². The second kappa shape index (κ2) is 9.75. The summed E-state index contributed by atoms with van der Waals surface area (Å²) < 4.78 is 6.83. The number of benzene rings is 2. The fourth-order valence-electron chi connectivity index (χ4n) is 3.82. The van der Waals surface area contributed by atoms with Crippen molar-refractivity contribution >= 4 is 46.2 Å². The summed E-state index contributed by atoms with van der Waals surface area (Å²) in [6.07, 6.45) is 1.29. The molecule has 0 radical (unpaired) electrons. The molecule has 4 aromatic rings. The van der Waals surface area contributed by atoms with Crippen molar-refractivity contribution < 1.29 is 19.1 Å². The van der Waals surface area contributed by atoms with Gasteiger partial charge in [-0.1, -0.05) is 36.4 Å². The van der Waals surface area contributed by atoms with Crippen molar-refractivity contribution in [3.8, 4) is 5.75 Å². The van der Waals surface area contributed by atoms with Gasteiger partial charge in [0, 0.05) is 19.2 Å². The Hall–Kier alpha value is -4.70. The number of halogens is 1. The predicted molar refractivity (Wildman–Crippen MR) is 138 cm³/mol. The second-order valence-electron chi connectivity index (χ2n) is 8.34. The molecule has 0 aliphatic carbocycles. The largest absolute Gasteiger partial charge is 0.485 e. The third-order valence-corrected chi connectivity index (χ3v) is 5.97. The Balaban J connectivity index is 1.41. The van der Waals surface area contributed by atoms with E-state index < -0.39 is 11.8 Å². The van der Waals surface area contributed by atoms with Crippen LogP contribution >= 0.6 is 11.6 Å². The molecule has 0 fully saturated rings. The molecule has 11 heteroatoms. The van der Waals surface area contributed by atoms with Crippen LogP contribution in [0.5, 0.6) is 5.75 Å². The van der Waals surface area contributed by atoms with Gasteiger partial charge in [0.15, 0.2) is 11.4 Å². The van der Waals surface area contributed by atoms with E-state index in [9.17, 15) is 14.4 Å². The van der Waals surface area contributed by atoms with Crippen LogP contribution in [0.2, 0.25) is 5.02 Å².